The van der Waals surface area contributed by atoms with Gasteiger partial charge in [0.05, 0.1) is 71.4 Å². The molecule has 0 spiro atoms. The first-order chi connectivity index (χ1) is 68.1. The number of benzene rings is 8. The fourth-order valence-corrected chi connectivity index (χ4v) is 13.1. The number of nitrogens with two attached hydrogens (primary N) is 4. The second-order valence-electron chi connectivity index (χ2n) is 32.0. The van der Waals surface area contributed by atoms with Crippen molar-refractivity contribution in [1.82, 2.24) is 71.4 Å². The number of nitrogens with zero attached hydrogens (tertiary/aromatic N) is 5. The van der Waals surface area contributed by atoms with Crippen LogP contribution in [0.25, 0.3) is 44.5 Å². The SMILES string of the molecule is CC(=O)NCCOc1ccccc1NC(=O)Nc1ncc(-c2ccc(CNCCCN)cc2)c(=O)[nH]1.CCCCOc1ccccc1NC(=O)Nc1ncc(-c2ccc(CNCCCN)cc2)c(=O)[nH]1.CCCCOc1ccccc1NC(=O)Nc1ncc(-c2ccc(CNCCCN)cc2)c(=O)[nH]1.CN(C)CCCOc1ccccc1NC(=O)Nc1ncc(-c2ccc(CNCCCN)cc2)c(=O)[nH]1. The zero-order chi connectivity index (χ0) is 99.9. The van der Waals surface area contributed by atoms with Crippen LogP contribution in [0, 0.1) is 0 Å². The largest absolute Gasteiger partial charge is 0.491 e. The van der Waals surface area contributed by atoms with Crippen molar-refractivity contribution in [2.45, 2.75) is 105 Å². The molecule has 12 rings (SSSR count). The molecule has 140 heavy (non-hydrogen) atoms. The molecule has 4 aromatic heterocycles. The van der Waals surface area contributed by atoms with Crippen molar-refractivity contribution in [3.8, 4) is 67.5 Å². The number of unbranched alkanes of at least 4 members (excludes halogenated alkanes) is 2. The van der Waals surface area contributed by atoms with Gasteiger partial charge in [0.15, 0.2) is 0 Å². The third-order valence-electron chi connectivity index (χ3n) is 20.5. The van der Waals surface area contributed by atoms with Crippen molar-refractivity contribution >= 4 is 76.6 Å². The van der Waals surface area contributed by atoms with E-state index in [1.807, 2.05) is 129 Å². The summed E-state index contributed by atoms with van der Waals surface area (Å²) in [6.07, 6.45) is 14.2. The van der Waals surface area contributed by atoms with E-state index in [0.717, 1.165) is 161 Å². The van der Waals surface area contributed by atoms with Gasteiger partial charge in [0.25, 0.3) is 22.2 Å². The lowest BCUT2D eigenvalue weighted by Gasteiger charge is -2.14. The third kappa shape index (κ3) is 38.7. The summed E-state index contributed by atoms with van der Waals surface area (Å²) < 4.78 is 22.9. The van der Waals surface area contributed by atoms with Gasteiger partial charge in [-0.1, -0.05) is 172 Å². The summed E-state index contributed by atoms with van der Waals surface area (Å²) in [6, 6.07) is 56.9. The molecule has 0 saturated carbocycles. The van der Waals surface area contributed by atoms with Crippen LogP contribution in [0.2, 0.25) is 0 Å². The molecule has 0 aliphatic carbocycles. The average Bonchev–Trinajstić information content (AvgIpc) is 0.834. The predicted octanol–water partition coefficient (Wildman–Crippen LogP) is 12.3. The van der Waals surface area contributed by atoms with Crippen molar-refractivity contribution in [2.75, 3.05) is 149 Å². The van der Waals surface area contributed by atoms with Crippen LogP contribution in [0.1, 0.15) is 101 Å². The van der Waals surface area contributed by atoms with Crippen LogP contribution in [0.15, 0.2) is 238 Å². The Labute approximate surface area is 813 Å². The van der Waals surface area contributed by atoms with Crippen molar-refractivity contribution in [3.63, 3.8) is 0 Å². The van der Waals surface area contributed by atoms with Crippen LogP contribution in [-0.2, 0) is 31.0 Å². The number of H-pyrrole nitrogens is 4. The number of ether oxygens (including phenoxy) is 4. The lowest BCUT2D eigenvalue weighted by Crippen LogP contribution is -2.26. The van der Waals surface area contributed by atoms with Gasteiger partial charge in [-0.15, -0.1) is 0 Å². The molecule has 0 saturated heterocycles. The van der Waals surface area contributed by atoms with Gasteiger partial charge >= 0.3 is 24.1 Å². The van der Waals surface area contributed by atoms with Crippen LogP contribution in [0.4, 0.5) is 65.7 Å². The molecule has 742 valence electrons. The maximum atomic E-state index is 12.6. The monoisotopic (exact) mass is 1920 g/mol. The lowest BCUT2D eigenvalue weighted by molar-refractivity contribution is -0.119. The van der Waals surface area contributed by atoms with Gasteiger partial charge < -0.3 is 94.6 Å². The van der Waals surface area contributed by atoms with E-state index in [-0.39, 0.29) is 58.5 Å². The van der Waals surface area contributed by atoms with Gasteiger partial charge in [0.1, 0.15) is 29.6 Å². The number of para-hydroxylation sites is 8. The number of aromatic nitrogens is 8. The molecule has 39 nitrogen and oxygen atoms in total. The number of hydrogen-bond acceptors (Lipinski definition) is 26. The van der Waals surface area contributed by atoms with Gasteiger partial charge in [-0.05, 0) is 204 Å². The van der Waals surface area contributed by atoms with Crippen molar-refractivity contribution in [3.05, 3.63) is 283 Å². The summed E-state index contributed by atoms with van der Waals surface area (Å²) in [7, 11) is 4.01. The first-order valence-electron chi connectivity index (χ1n) is 46.6. The zero-order valence-corrected chi connectivity index (χ0v) is 79.7. The minimum absolute atomic E-state index is 0.00558. The smallest absolute Gasteiger partial charge is 0.326 e. The highest BCUT2D eigenvalue weighted by Crippen LogP contribution is 2.30. The number of hydrogen-bond donors (Lipinski definition) is 21. The van der Waals surface area contributed by atoms with Crippen molar-refractivity contribution < 1.29 is 42.9 Å². The summed E-state index contributed by atoms with van der Waals surface area (Å²) in [5.41, 5.74) is 31.6. The topological polar surface area (TPSA) is 569 Å². The Morgan fingerprint density at radius 2 is 0.557 bits per heavy atom. The van der Waals surface area contributed by atoms with Crippen LogP contribution in [0.5, 0.6) is 23.0 Å². The molecule has 25 N–H and O–H groups in total. The Hall–Kier alpha value is -15.3. The first-order valence-corrected chi connectivity index (χ1v) is 46.6. The molecule has 0 aliphatic heterocycles. The molecule has 8 aromatic carbocycles. The van der Waals surface area contributed by atoms with E-state index in [1.165, 1.54) is 31.7 Å². The normalized spacial score (nSPS) is 10.7. The van der Waals surface area contributed by atoms with E-state index in [4.69, 9.17) is 41.9 Å². The Bertz CT molecular complexity index is 5890. The minimum atomic E-state index is -0.602. The number of carbonyl (C=O) groups is 5. The second-order valence-corrected chi connectivity index (χ2v) is 32.0. The van der Waals surface area contributed by atoms with Crippen LogP contribution >= 0.6 is 0 Å². The lowest BCUT2D eigenvalue weighted by atomic mass is 10.1. The van der Waals surface area contributed by atoms with E-state index < -0.39 is 24.1 Å². The van der Waals surface area contributed by atoms with Crippen LogP contribution < -0.4 is 133 Å². The van der Waals surface area contributed by atoms with E-state index in [2.05, 4.69) is 128 Å². The molecule has 0 fully saturated rings. The number of anilines is 8. The van der Waals surface area contributed by atoms with Gasteiger partial charge in [0, 0.05) is 64.4 Å². The van der Waals surface area contributed by atoms with Crippen molar-refractivity contribution in [2.24, 2.45) is 22.9 Å². The third-order valence-corrected chi connectivity index (χ3v) is 20.5. The number of rotatable bonds is 49. The number of nitrogens with one attached hydrogen (secondary N) is 17. The highest BCUT2D eigenvalue weighted by molar-refractivity contribution is 6.02. The summed E-state index contributed by atoms with van der Waals surface area (Å²) in [5, 5.41) is 37.0. The van der Waals surface area contributed by atoms with Crippen molar-refractivity contribution in [1.29, 1.82) is 0 Å². The Morgan fingerprint density at radius 1 is 0.314 bits per heavy atom. The average molecular weight is 1920 g/mol. The van der Waals surface area contributed by atoms with E-state index in [1.54, 1.807) is 78.9 Å². The molecule has 0 atom stereocenters. The quantitative estimate of drug-likeness (QED) is 0.0157. The minimum Gasteiger partial charge on any atom is -0.491 e. The Balaban J connectivity index is 0.000000209. The molecule has 0 unspecified atom stereocenters. The fraction of sp³-hybridized carbons (Fsp3) is 0.317. The summed E-state index contributed by atoms with van der Waals surface area (Å²) in [4.78, 5) is 141. The van der Waals surface area contributed by atoms with Gasteiger partial charge in [-0.25, -0.2) is 39.1 Å². The number of aromatic amines is 4. The fourth-order valence-electron chi connectivity index (χ4n) is 13.1. The first kappa shape index (κ1) is 108. The Morgan fingerprint density at radius 3 is 0.786 bits per heavy atom. The van der Waals surface area contributed by atoms with Crippen LogP contribution in [0.3, 0.4) is 0 Å². The standard InChI is InChI=1S/C26H35N7O3.C25H31N7O4.2C25H32N6O3/c1-33(2)15-6-16-36-23-8-4-3-7-22(23)30-26(35)32-25-29-18-21(24(34)31-25)20-11-9-19(10-12-20)17-28-14-5-13-27;1-17(33)28-13-14-36-22-6-3-2-5-21(22)30-25(35)32-24-29-16-20(23(34)31-24)19-9-7-18(8-10-19)15-27-12-4-11-26;2*1-2-3-15-34-22-8-5-4-7-21(22)29-25(33)31-24-28-17-20(23(32)30-24)19-11-9-18(10-12-19)16-27-14-6-13-26/h3-4,7-12,18,28H,5-6,13-17,27H2,1-2H3,(H3,29,30,31,32,34,35);2-3,5-10,16,27H,4,11-15,26H2,1H3,(H,28,33)(H3,29,30,31,32,34,35);2*4-5,7-12,17,27H,2-3,6,13-16,26H2,1H3,(H3,28,29,30,31,32,33). The van der Waals surface area contributed by atoms with Gasteiger partial charge in [-0.3, -0.25) is 65.2 Å². The maximum Gasteiger partial charge on any atom is 0.326 e. The molecule has 0 radical (unpaired) electrons. The Kier molecular flexibility index (Phi) is 47.2. The number of carbonyl (C=O) groups excluding carboxylic acids is 5. The summed E-state index contributed by atoms with van der Waals surface area (Å²) in [5.74, 6) is 2.18. The highest BCUT2D eigenvalue weighted by Gasteiger charge is 2.19. The molecular formula is C101H130N26O13. The summed E-state index contributed by atoms with van der Waals surface area (Å²) in [6.45, 7) is 17.7. The number of amides is 9. The molecule has 39 heteroatoms. The second kappa shape index (κ2) is 61.0. The number of urea groups is 4. The molecule has 12 aromatic rings. The highest BCUT2D eigenvalue weighted by atomic mass is 16.5. The predicted molar refractivity (Wildman–Crippen MR) is 553 cm³/mol. The summed E-state index contributed by atoms with van der Waals surface area (Å²) >= 11 is 0. The molecular weight excluding hydrogens is 1790 g/mol. The zero-order valence-electron chi connectivity index (χ0n) is 79.7. The van der Waals surface area contributed by atoms with E-state index in [0.29, 0.717) is 121 Å². The molecule has 0 bridgehead atoms. The van der Waals surface area contributed by atoms with Gasteiger partial charge in [-0.2, -0.15) is 0 Å². The molecule has 9 amide bonds. The molecule has 0 aliphatic rings. The maximum absolute atomic E-state index is 12.6. The van der Waals surface area contributed by atoms with Crippen LogP contribution in [-0.4, -0.2) is 181 Å². The molecule has 4 heterocycles. The van der Waals surface area contributed by atoms with E-state index in [9.17, 15) is 43.2 Å². The van der Waals surface area contributed by atoms with E-state index >= 15 is 0 Å². The van der Waals surface area contributed by atoms with Gasteiger partial charge in [0.2, 0.25) is 29.7 Å².